The lowest BCUT2D eigenvalue weighted by Crippen LogP contribution is -2.18. The Balaban J connectivity index is 2.19. The van der Waals surface area contributed by atoms with E-state index < -0.39 is 20.8 Å². The molecule has 0 aliphatic carbocycles. The molecule has 2 N–H and O–H groups in total. The van der Waals surface area contributed by atoms with E-state index in [4.69, 9.17) is 12.2 Å². The van der Waals surface area contributed by atoms with Crippen molar-refractivity contribution >= 4 is 28.1 Å². The number of benzene rings is 1. The van der Waals surface area contributed by atoms with E-state index in [1.54, 1.807) is 0 Å². The van der Waals surface area contributed by atoms with Crippen LogP contribution in [0, 0.1) is 4.77 Å². The number of hydrogen-bond acceptors (Lipinski definition) is 3. The first kappa shape index (κ1) is 15.7. The van der Waals surface area contributed by atoms with Crippen LogP contribution in [-0.4, -0.2) is 19.6 Å². The van der Waals surface area contributed by atoms with Gasteiger partial charge in [-0.2, -0.15) is 9.50 Å². The van der Waals surface area contributed by atoms with Crippen molar-refractivity contribution in [3.8, 4) is 11.1 Å². The van der Waals surface area contributed by atoms with Gasteiger partial charge in [0.25, 0.3) is 0 Å². The molecular formula is C11H7F5N4OS2. The van der Waals surface area contributed by atoms with Gasteiger partial charge in [0.1, 0.15) is 4.90 Å². The highest BCUT2D eigenvalue weighted by Gasteiger charge is 2.65. The van der Waals surface area contributed by atoms with E-state index in [2.05, 4.69) is 15.1 Å². The Morgan fingerprint density at radius 3 is 2.26 bits per heavy atom. The summed E-state index contributed by atoms with van der Waals surface area (Å²) in [6, 6.07) is 2.34. The monoisotopic (exact) mass is 370 g/mol. The van der Waals surface area contributed by atoms with Gasteiger partial charge in [0.2, 0.25) is 4.77 Å². The molecule has 2 heterocycles. The predicted octanol–water partition coefficient (Wildman–Crippen LogP) is 4.40. The zero-order valence-electron chi connectivity index (χ0n) is 10.9. The molecule has 124 valence electrons. The highest BCUT2D eigenvalue weighted by atomic mass is 32.5. The minimum atomic E-state index is -9.72. The minimum absolute atomic E-state index is 0.0684. The summed E-state index contributed by atoms with van der Waals surface area (Å²) in [7, 11) is -9.72. The van der Waals surface area contributed by atoms with Gasteiger partial charge >= 0.3 is 15.9 Å². The van der Waals surface area contributed by atoms with Crippen molar-refractivity contribution in [2.45, 2.75) is 4.90 Å². The van der Waals surface area contributed by atoms with Gasteiger partial charge in [-0.05, 0) is 29.9 Å². The summed E-state index contributed by atoms with van der Waals surface area (Å²) < 4.78 is 64.4. The van der Waals surface area contributed by atoms with Crippen LogP contribution in [0.1, 0.15) is 0 Å². The summed E-state index contributed by atoms with van der Waals surface area (Å²) in [6.07, 6.45) is 1.31. The van der Waals surface area contributed by atoms with Crippen molar-refractivity contribution < 1.29 is 19.4 Å². The molecule has 0 atom stereocenters. The summed E-state index contributed by atoms with van der Waals surface area (Å²) in [5, 5.41) is 2.54. The van der Waals surface area contributed by atoms with Gasteiger partial charge in [-0.3, -0.25) is 10.1 Å². The zero-order chi connectivity index (χ0) is 17.1. The van der Waals surface area contributed by atoms with Crippen LogP contribution in [0.5, 0.6) is 0 Å². The number of hydrogen-bond donors (Lipinski definition) is 2. The maximum atomic E-state index is 12.7. The van der Waals surface area contributed by atoms with E-state index in [1.807, 2.05) is 0 Å². The number of rotatable bonds is 2. The second-order valence-corrected chi connectivity index (χ2v) is 7.48. The molecule has 3 aromatic rings. The molecule has 0 saturated carbocycles. The fourth-order valence-corrected chi connectivity index (χ4v) is 2.84. The predicted molar refractivity (Wildman–Crippen MR) is 77.8 cm³/mol. The lowest BCUT2D eigenvalue weighted by molar-refractivity contribution is 0.364. The highest BCUT2D eigenvalue weighted by Crippen LogP contribution is 3.02. The second kappa shape index (κ2) is 4.00. The number of H-pyrrole nitrogens is 2. The van der Waals surface area contributed by atoms with Crippen LogP contribution in [0.15, 0.2) is 40.2 Å². The molecular weight excluding hydrogens is 363 g/mol. The third kappa shape index (κ3) is 2.86. The Bertz CT molecular complexity index is 1030. The van der Waals surface area contributed by atoms with Crippen LogP contribution < -0.4 is 5.69 Å². The van der Waals surface area contributed by atoms with Gasteiger partial charge in [-0.15, -0.1) is 0 Å². The molecule has 0 aliphatic rings. The number of halogens is 5. The van der Waals surface area contributed by atoms with Crippen LogP contribution in [0.3, 0.4) is 0 Å². The smallest absolute Gasteiger partial charge is 0.295 e. The molecule has 5 nitrogen and oxygen atoms in total. The SMILES string of the molecule is O=c1[nH]c(=S)nc2c(-c3ccc(S(F)(F)(F)(F)F)cc3)c[nH]n12. The van der Waals surface area contributed by atoms with Gasteiger partial charge in [0.15, 0.2) is 5.65 Å². The Hall–Kier alpha value is -2.21. The van der Waals surface area contributed by atoms with Crippen molar-refractivity contribution in [2.75, 3.05) is 0 Å². The Kier molecular flexibility index (Phi) is 2.73. The van der Waals surface area contributed by atoms with Gasteiger partial charge < -0.3 is 0 Å². The summed E-state index contributed by atoms with van der Waals surface area (Å²) in [5.41, 5.74) is -0.133. The van der Waals surface area contributed by atoms with Crippen LogP contribution >= 0.6 is 22.4 Å². The molecule has 0 amide bonds. The van der Waals surface area contributed by atoms with E-state index in [0.29, 0.717) is 12.1 Å². The van der Waals surface area contributed by atoms with Crippen LogP contribution in [-0.2, 0) is 0 Å². The summed E-state index contributed by atoms with van der Waals surface area (Å²) in [5.74, 6) is 0. The molecule has 0 radical (unpaired) electrons. The molecule has 2 aromatic heterocycles. The lowest BCUT2D eigenvalue weighted by atomic mass is 10.1. The molecule has 23 heavy (non-hydrogen) atoms. The van der Waals surface area contributed by atoms with Gasteiger partial charge in [-0.25, -0.2) is 4.79 Å². The first-order chi connectivity index (χ1) is 10.3. The van der Waals surface area contributed by atoms with Crippen molar-refractivity contribution in [3.05, 3.63) is 45.7 Å². The number of aromatic nitrogens is 4. The largest absolute Gasteiger partial charge is 0.348 e. The molecule has 12 heteroatoms. The Morgan fingerprint density at radius 2 is 1.70 bits per heavy atom. The van der Waals surface area contributed by atoms with E-state index >= 15 is 0 Å². The van der Waals surface area contributed by atoms with E-state index in [9.17, 15) is 24.2 Å². The third-order valence-corrected chi connectivity index (χ3v) is 4.38. The first-order valence-electron chi connectivity index (χ1n) is 5.90. The van der Waals surface area contributed by atoms with E-state index in [1.165, 1.54) is 6.20 Å². The molecule has 0 spiro atoms. The van der Waals surface area contributed by atoms with Crippen molar-refractivity contribution in [2.24, 2.45) is 0 Å². The van der Waals surface area contributed by atoms with Crippen molar-refractivity contribution in [1.29, 1.82) is 0 Å². The molecule has 0 aliphatic heterocycles. The molecule has 3 rings (SSSR count). The lowest BCUT2D eigenvalue weighted by Gasteiger charge is -2.40. The molecule has 0 saturated heterocycles. The Morgan fingerprint density at radius 1 is 1.09 bits per heavy atom. The molecule has 1 aromatic carbocycles. The maximum Gasteiger partial charge on any atom is 0.348 e. The number of nitrogens with zero attached hydrogens (tertiary/aromatic N) is 2. The summed E-state index contributed by atoms with van der Waals surface area (Å²) in [4.78, 5) is 15.8. The summed E-state index contributed by atoms with van der Waals surface area (Å²) >= 11 is 4.76. The molecule has 0 unspecified atom stereocenters. The van der Waals surface area contributed by atoms with Gasteiger partial charge in [0, 0.05) is 11.8 Å². The summed E-state index contributed by atoms with van der Waals surface area (Å²) in [6.45, 7) is 0. The van der Waals surface area contributed by atoms with Crippen LogP contribution in [0.4, 0.5) is 19.4 Å². The quantitative estimate of drug-likeness (QED) is 0.519. The third-order valence-electron chi connectivity index (χ3n) is 3.03. The van der Waals surface area contributed by atoms with Crippen LogP contribution in [0.2, 0.25) is 0 Å². The van der Waals surface area contributed by atoms with Crippen molar-refractivity contribution in [3.63, 3.8) is 0 Å². The van der Waals surface area contributed by atoms with E-state index in [0.717, 1.165) is 16.6 Å². The zero-order valence-corrected chi connectivity index (χ0v) is 12.5. The normalized spacial score (nSPS) is 15.3. The highest BCUT2D eigenvalue weighted by molar-refractivity contribution is 8.45. The van der Waals surface area contributed by atoms with Crippen molar-refractivity contribution in [1.82, 2.24) is 19.6 Å². The fraction of sp³-hybridized carbons (Fsp3) is 0. The van der Waals surface area contributed by atoms with E-state index in [-0.39, 0.29) is 21.5 Å². The topological polar surface area (TPSA) is 66.0 Å². The van der Waals surface area contributed by atoms with Gasteiger partial charge in [0.05, 0.1) is 0 Å². The van der Waals surface area contributed by atoms with Crippen LogP contribution in [0.25, 0.3) is 16.8 Å². The Labute approximate surface area is 129 Å². The second-order valence-electron chi connectivity index (χ2n) is 4.69. The average Bonchev–Trinajstić information content (AvgIpc) is 2.80. The first-order valence-corrected chi connectivity index (χ1v) is 8.26. The number of fused-ring (bicyclic) bond motifs is 1. The minimum Gasteiger partial charge on any atom is -0.295 e. The number of nitrogens with one attached hydrogen (secondary N) is 2. The fourth-order valence-electron chi connectivity index (χ4n) is 2.02. The maximum absolute atomic E-state index is 12.7. The molecule has 0 bridgehead atoms. The number of aromatic amines is 2. The standard InChI is InChI=1S/C11H7F5N4OS2/c12-23(13,14,15,16)7-3-1-6(2-4-7)8-5-17-20-9(8)18-10(22)19-11(20)21/h1-5,17H,(H,19,21,22). The van der Waals surface area contributed by atoms with Gasteiger partial charge in [-0.1, -0.05) is 31.6 Å². The molecule has 0 fully saturated rings. The average molecular weight is 370 g/mol.